The van der Waals surface area contributed by atoms with Crippen LogP contribution in [-0.4, -0.2) is 19.1 Å². The number of carbonyl (C=O) groups excluding carboxylic acids is 1. The van der Waals surface area contributed by atoms with Crippen molar-refractivity contribution in [3.63, 3.8) is 0 Å². The molecule has 1 amide bonds. The first-order valence-electron chi connectivity index (χ1n) is 6.84. The Morgan fingerprint density at radius 3 is 2.52 bits per heavy atom. The summed E-state index contributed by atoms with van der Waals surface area (Å²) in [5.41, 5.74) is 1.06. The molecule has 2 rings (SSSR count). The van der Waals surface area contributed by atoms with Crippen molar-refractivity contribution in [3.05, 3.63) is 53.1 Å². The van der Waals surface area contributed by atoms with Gasteiger partial charge in [-0.2, -0.15) is 5.26 Å². The van der Waals surface area contributed by atoms with E-state index in [0.29, 0.717) is 22.7 Å². The first-order chi connectivity index (χ1) is 11.0. The van der Waals surface area contributed by atoms with Crippen molar-refractivity contribution in [2.75, 3.05) is 12.4 Å². The van der Waals surface area contributed by atoms with Crippen LogP contribution in [0.25, 0.3) is 0 Å². The van der Waals surface area contributed by atoms with Gasteiger partial charge in [0.1, 0.15) is 11.5 Å². The number of nitrogens with one attached hydrogen (secondary N) is 1. The van der Waals surface area contributed by atoms with Crippen LogP contribution in [0.15, 0.2) is 42.5 Å². The lowest BCUT2D eigenvalue weighted by atomic mass is 10.2. The van der Waals surface area contributed by atoms with Gasteiger partial charge < -0.3 is 14.8 Å². The monoisotopic (exact) mass is 330 g/mol. The fourth-order valence-corrected chi connectivity index (χ4v) is 2.05. The summed E-state index contributed by atoms with van der Waals surface area (Å²) in [5.74, 6) is 0.746. The van der Waals surface area contributed by atoms with Crippen LogP contribution in [0.3, 0.4) is 0 Å². The van der Waals surface area contributed by atoms with Gasteiger partial charge in [0.25, 0.3) is 5.91 Å². The third-order valence-electron chi connectivity index (χ3n) is 3.09. The van der Waals surface area contributed by atoms with E-state index in [4.69, 9.17) is 26.3 Å². The van der Waals surface area contributed by atoms with Crippen molar-refractivity contribution in [3.8, 4) is 17.6 Å². The highest BCUT2D eigenvalue weighted by Gasteiger charge is 2.16. The minimum atomic E-state index is -0.748. The third-order valence-corrected chi connectivity index (χ3v) is 3.39. The number of halogens is 1. The number of anilines is 1. The summed E-state index contributed by atoms with van der Waals surface area (Å²) in [6, 6.07) is 13.6. The van der Waals surface area contributed by atoms with Gasteiger partial charge in [0.05, 0.1) is 23.8 Å². The largest absolute Gasteiger partial charge is 0.497 e. The average Bonchev–Trinajstić information content (AvgIpc) is 2.57. The first kappa shape index (κ1) is 16.7. The zero-order chi connectivity index (χ0) is 16.8. The number of benzene rings is 2. The normalized spacial score (nSPS) is 11.2. The summed E-state index contributed by atoms with van der Waals surface area (Å²) in [6.45, 7) is 1.62. The predicted molar refractivity (Wildman–Crippen MR) is 87.9 cm³/mol. The summed E-state index contributed by atoms with van der Waals surface area (Å²) in [7, 11) is 1.57. The lowest BCUT2D eigenvalue weighted by Crippen LogP contribution is -2.30. The van der Waals surface area contributed by atoms with E-state index >= 15 is 0 Å². The van der Waals surface area contributed by atoms with Crippen molar-refractivity contribution in [1.82, 2.24) is 0 Å². The second-order valence-corrected chi connectivity index (χ2v) is 5.14. The smallest absolute Gasteiger partial charge is 0.265 e. The second-order valence-electron chi connectivity index (χ2n) is 4.73. The minimum Gasteiger partial charge on any atom is -0.497 e. The Morgan fingerprint density at radius 1 is 1.26 bits per heavy atom. The number of nitriles is 1. The van der Waals surface area contributed by atoms with E-state index < -0.39 is 6.10 Å². The Labute approximate surface area is 139 Å². The fraction of sp³-hybridized carbons (Fsp3) is 0.176. The van der Waals surface area contributed by atoms with Crippen LogP contribution in [0.5, 0.6) is 11.5 Å². The van der Waals surface area contributed by atoms with Gasteiger partial charge in [-0.25, -0.2) is 0 Å². The highest BCUT2D eigenvalue weighted by molar-refractivity contribution is 6.32. The highest BCUT2D eigenvalue weighted by atomic mass is 35.5. The van der Waals surface area contributed by atoms with Crippen LogP contribution in [0.1, 0.15) is 12.5 Å². The number of carbonyl (C=O) groups is 1. The maximum Gasteiger partial charge on any atom is 0.265 e. The molecular weight excluding hydrogens is 316 g/mol. The van der Waals surface area contributed by atoms with Crippen LogP contribution in [0.4, 0.5) is 5.69 Å². The summed E-state index contributed by atoms with van der Waals surface area (Å²) in [5, 5.41) is 11.8. The summed E-state index contributed by atoms with van der Waals surface area (Å²) < 4.78 is 10.6. The molecule has 0 aliphatic heterocycles. The van der Waals surface area contributed by atoms with Gasteiger partial charge in [0, 0.05) is 5.69 Å². The van der Waals surface area contributed by atoms with Crippen molar-refractivity contribution in [2.45, 2.75) is 13.0 Å². The Balaban J connectivity index is 2.00. The van der Waals surface area contributed by atoms with E-state index in [1.165, 1.54) is 6.07 Å². The lowest BCUT2D eigenvalue weighted by Gasteiger charge is -2.16. The molecule has 0 heterocycles. The highest BCUT2D eigenvalue weighted by Crippen LogP contribution is 2.26. The molecule has 0 radical (unpaired) electrons. The molecule has 0 aliphatic carbocycles. The van der Waals surface area contributed by atoms with Crippen LogP contribution >= 0.6 is 11.6 Å². The molecule has 0 saturated carbocycles. The van der Waals surface area contributed by atoms with Crippen LogP contribution in [0.2, 0.25) is 5.02 Å². The van der Waals surface area contributed by atoms with Crippen LogP contribution in [-0.2, 0) is 4.79 Å². The minimum absolute atomic E-state index is 0.285. The van der Waals surface area contributed by atoms with E-state index in [9.17, 15) is 4.79 Å². The van der Waals surface area contributed by atoms with Crippen molar-refractivity contribution in [1.29, 1.82) is 5.26 Å². The number of nitrogens with zero attached hydrogens (tertiary/aromatic N) is 1. The average molecular weight is 331 g/mol. The van der Waals surface area contributed by atoms with E-state index in [1.807, 2.05) is 6.07 Å². The van der Waals surface area contributed by atoms with Gasteiger partial charge >= 0.3 is 0 Å². The maximum absolute atomic E-state index is 12.1. The maximum atomic E-state index is 12.1. The van der Waals surface area contributed by atoms with Gasteiger partial charge in [-0.3, -0.25) is 4.79 Å². The molecule has 1 atom stereocenters. The van der Waals surface area contributed by atoms with Gasteiger partial charge in [0.2, 0.25) is 0 Å². The lowest BCUT2D eigenvalue weighted by molar-refractivity contribution is -0.122. The number of methoxy groups -OCH3 is 1. The Kier molecular flexibility index (Phi) is 5.45. The van der Waals surface area contributed by atoms with Gasteiger partial charge in [-0.15, -0.1) is 0 Å². The number of ether oxygens (including phenoxy) is 2. The molecule has 2 aromatic carbocycles. The summed E-state index contributed by atoms with van der Waals surface area (Å²) in [6.07, 6.45) is -0.748. The standard InChI is InChI=1S/C17H15ClN2O3/c1-11(23-16-8-3-12(10-19)9-15(16)18)17(21)20-13-4-6-14(22-2)7-5-13/h3-9,11H,1-2H3,(H,20,21)/t11-/m0/s1. The number of hydrogen-bond donors (Lipinski definition) is 1. The van der Waals surface area contributed by atoms with E-state index in [-0.39, 0.29) is 10.9 Å². The van der Waals surface area contributed by atoms with Crippen LogP contribution in [0, 0.1) is 11.3 Å². The number of rotatable bonds is 5. The molecule has 0 fully saturated rings. The fourth-order valence-electron chi connectivity index (χ4n) is 1.83. The SMILES string of the molecule is COc1ccc(NC(=O)[C@H](C)Oc2ccc(C#N)cc2Cl)cc1. The van der Waals surface area contributed by atoms with Crippen LogP contribution < -0.4 is 14.8 Å². The van der Waals surface area contributed by atoms with E-state index in [1.54, 1.807) is 50.4 Å². The molecule has 23 heavy (non-hydrogen) atoms. The quantitative estimate of drug-likeness (QED) is 0.908. The number of amides is 1. The summed E-state index contributed by atoms with van der Waals surface area (Å²) in [4.78, 5) is 12.1. The topological polar surface area (TPSA) is 71.3 Å². The molecule has 0 bridgehead atoms. The van der Waals surface area contributed by atoms with E-state index in [2.05, 4.69) is 5.32 Å². The zero-order valence-corrected chi connectivity index (χ0v) is 13.4. The van der Waals surface area contributed by atoms with Gasteiger partial charge in [-0.05, 0) is 49.4 Å². The Hall–Kier alpha value is -2.71. The number of hydrogen-bond acceptors (Lipinski definition) is 4. The molecular formula is C17H15ClN2O3. The van der Waals surface area contributed by atoms with Crippen molar-refractivity contribution in [2.24, 2.45) is 0 Å². The second kappa shape index (κ2) is 7.52. The molecule has 0 spiro atoms. The molecule has 118 valence electrons. The molecule has 2 aromatic rings. The molecule has 5 nitrogen and oxygen atoms in total. The molecule has 1 N–H and O–H groups in total. The Bertz CT molecular complexity index is 738. The molecule has 0 aromatic heterocycles. The Morgan fingerprint density at radius 2 is 1.96 bits per heavy atom. The molecule has 0 aliphatic rings. The van der Waals surface area contributed by atoms with Crippen molar-refractivity contribution >= 4 is 23.2 Å². The van der Waals surface area contributed by atoms with Gasteiger partial charge in [0.15, 0.2) is 6.10 Å². The third kappa shape index (κ3) is 4.38. The molecule has 0 unspecified atom stereocenters. The summed E-state index contributed by atoms with van der Waals surface area (Å²) >= 11 is 6.03. The molecule has 0 saturated heterocycles. The van der Waals surface area contributed by atoms with E-state index in [0.717, 1.165) is 0 Å². The van der Waals surface area contributed by atoms with Gasteiger partial charge in [-0.1, -0.05) is 11.6 Å². The predicted octanol–water partition coefficient (Wildman–Crippen LogP) is 3.63. The van der Waals surface area contributed by atoms with Crippen molar-refractivity contribution < 1.29 is 14.3 Å². The molecule has 6 heteroatoms. The first-order valence-corrected chi connectivity index (χ1v) is 7.22. The zero-order valence-electron chi connectivity index (χ0n) is 12.7.